The summed E-state index contributed by atoms with van der Waals surface area (Å²) in [4.78, 5) is 7.70. The third kappa shape index (κ3) is 1.58. The van der Waals surface area contributed by atoms with Crippen LogP contribution >= 0.6 is 10.7 Å². The van der Waals surface area contributed by atoms with Crippen LogP contribution in [0, 0.1) is 6.92 Å². The van der Waals surface area contributed by atoms with E-state index >= 15 is 0 Å². The Morgan fingerprint density at radius 3 is 2.79 bits per heavy atom. The fourth-order valence-electron chi connectivity index (χ4n) is 1.08. The standard InChI is InChI=1S/C7H6ClN3O2S/c1-5-2-9-7-10-6(14(8,12)13)4-11(7)3-5/h2-4H,1H3. The minimum Gasteiger partial charge on any atom is -0.289 e. The second kappa shape index (κ2) is 2.93. The highest BCUT2D eigenvalue weighted by Gasteiger charge is 2.14. The third-order valence-electron chi connectivity index (χ3n) is 1.67. The summed E-state index contributed by atoms with van der Waals surface area (Å²) >= 11 is 0. The van der Waals surface area contributed by atoms with Crippen LogP contribution in [0.25, 0.3) is 5.78 Å². The van der Waals surface area contributed by atoms with Crippen LogP contribution in [0.2, 0.25) is 0 Å². The van der Waals surface area contributed by atoms with Crippen LogP contribution in [0.3, 0.4) is 0 Å². The number of hydrogen-bond acceptors (Lipinski definition) is 4. The van der Waals surface area contributed by atoms with Crippen molar-refractivity contribution in [3.05, 3.63) is 24.2 Å². The van der Waals surface area contributed by atoms with Crippen LogP contribution in [-0.4, -0.2) is 22.8 Å². The van der Waals surface area contributed by atoms with Gasteiger partial charge in [-0.25, -0.2) is 13.4 Å². The average molecular weight is 232 g/mol. The molecule has 0 radical (unpaired) electrons. The van der Waals surface area contributed by atoms with Crippen molar-refractivity contribution in [3.8, 4) is 0 Å². The molecular formula is C7H6ClN3O2S. The maximum absolute atomic E-state index is 10.9. The summed E-state index contributed by atoms with van der Waals surface area (Å²) in [6.45, 7) is 1.85. The lowest BCUT2D eigenvalue weighted by Crippen LogP contribution is -1.89. The second-order valence-corrected chi connectivity index (χ2v) is 5.37. The number of rotatable bonds is 1. The first kappa shape index (κ1) is 9.42. The first-order valence-corrected chi connectivity index (χ1v) is 6.04. The number of hydrogen-bond donors (Lipinski definition) is 0. The predicted molar refractivity (Wildman–Crippen MR) is 50.8 cm³/mol. The topological polar surface area (TPSA) is 64.3 Å². The molecule has 0 bridgehead atoms. The van der Waals surface area contributed by atoms with Gasteiger partial charge in [0.2, 0.25) is 5.78 Å². The summed E-state index contributed by atoms with van der Waals surface area (Å²) in [6, 6.07) is 0. The van der Waals surface area contributed by atoms with E-state index < -0.39 is 9.05 Å². The first-order valence-electron chi connectivity index (χ1n) is 3.73. The molecule has 7 heteroatoms. The molecule has 0 aromatic carbocycles. The lowest BCUT2D eigenvalue weighted by Gasteiger charge is -1.91. The lowest BCUT2D eigenvalue weighted by molar-refractivity contribution is 0.607. The van der Waals surface area contributed by atoms with Gasteiger partial charge in [-0.2, -0.15) is 4.98 Å². The third-order valence-corrected chi connectivity index (χ3v) is 2.84. The fourth-order valence-corrected chi connectivity index (χ4v) is 1.74. The van der Waals surface area contributed by atoms with Crippen molar-refractivity contribution >= 4 is 25.5 Å². The van der Waals surface area contributed by atoms with Crippen molar-refractivity contribution in [2.24, 2.45) is 0 Å². The molecule has 2 aromatic heterocycles. The van der Waals surface area contributed by atoms with Gasteiger partial charge in [0.15, 0.2) is 5.03 Å². The molecule has 0 amide bonds. The van der Waals surface area contributed by atoms with E-state index in [1.807, 2.05) is 6.92 Å². The molecule has 2 rings (SSSR count). The van der Waals surface area contributed by atoms with Crippen LogP contribution < -0.4 is 0 Å². The van der Waals surface area contributed by atoms with Gasteiger partial charge in [0, 0.05) is 23.1 Å². The molecule has 5 nitrogen and oxygen atoms in total. The Balaban J connectivity index is 2.75. The number of halogens is 1. The number of aromatic nitrogens is 3. The molecule has 0 atom stereocenters. The molecule has 0 saturated carbocycles. The highest BCUT2D eigenvalue weighted by atomic mass is 35.7. The van der Waals surface area contributed by atoms with Gasteiger partial charge in [-0.1, -0.05) is 0 Å². The molecule has 74 valence electrons. The van der Waals surface area contributed by atoms with E-state index in [0.717, 1.165) is 5.56 Å². The molecule has 0 unspecified atom stereocenters. The predicted octanol–water partition coefficient (Wildman–Crippen LogP) is 0.965. The van der Waals surface area contributed by atoms with Crippen molar-refractivity contribution in [1.29, 1.82) is 0 Å². The van der Waals surface area contributed by atoms with Gasteiger partial charge in [-0.05, 0) is 12.5 Å². The van der Waals surface area contributed by atoms with E-state index in [0.29, 0.717) is 5.78 Å². The highest BCUT2D eigenvalue weighted by molar-refractivity contribution is 8.13. The summed E-state index contributed by atoms with van der Waals surface area (Å²) in [5.41, 5.74) is 0.911. The summed E-state index contributed by atoms with van der Waals surface area (Å²) in [5.74, 6) is 0.315. The van der Waals surface area contributed by atoms with Crippen molar-refractivity contribution in [2.45, 2.75) is 11.9 Å². The van der Waals surface area contributed by atoms with Crippen molar-refractivity contribution in [3.63, 3.8) is 0 Å². The van der Waals surface area contributed by atoms with Crippen molar-refractivity contribution in [2.75, 3.05) is 0 Å². The number of fused-ring (bicyclic) bond motifs is 1. The van der Waals surface area contributed by atoms with Crippen LogP contribution in [0.1, 0.15) is 5.56 Å². The van der Waals surface area contributed by atoms with Gasteiger partial charge in [0.1, 0.15) is 0 Å². The molecule has 0 aliphatic carbocycles. The van der Waals surface area contributed by atoms with Gasteiger partial charge in [0.05, 0.1) is 6.20 Å². The van der Waals surface area contributed by atoms with E-state index in [4.69, 9.17) is 10.7 Å². The molecule has 2 heterocycles. The van der Waals surface area contributed by atoms with Crippen LogP contribution in [0.5, 0.6) is 0 Å². The van der Waals surface area contributed by atoms with E-state index in [2.05, 4.69) is 9.97 Å². The minimum absolute atomic E-state index is 0.183. The molecule has 0 aliphatic rings. The van der Waals surface area contributed by atoms with E-state index in [9.17, 15) is 8.42 Å². The Morgan fingerprint density at radius 1 is 1.43 bits per heavy atom. The highest BCUT2D eigenvalue weighted by Crippen LogP contribution is 2.13. The summed E-state index contributed by atoms with van der Waals surface area (Å²) in [5, 5.41) is -0.183. The first-order chi connectivity index (χ1) is 6.47. The Morgan fingerprint density at radius 2 is 2.14 bits per heavy atom. The fraction of sp³-hybridized carbons (Fsp3) is 0.143. The zero-order valence-electron chi connectivity index (χ0n) is 7.18. The van der Waals surface area contributed by atoms with Crippen molar-refractivity contribution in [1.82, 2.24) is 14.4 Å². The largest absolute Gasteiger partial charge is 0.289 e. The Labute approximate surface area is 84.8 Å². The maximum atomic E-state index is 10.9. The normalized spacial score (nSPS) is 12.1. The van der Waals surface area contributed by atoms with E-state index in [1.54, 1.807) is 12.4 Å². The second-order valence-electron chi connectivity index (χ2n) is 2.86. The molecular weight excluding hydrogens is 226 g/mol. The van der Waals surface area contributed by atoms with Gasteiger partial charge in [-0.15, -0.1) is 0 Å². The molecule has 0 fully saturated rings. The molecule has 0 N–H and O–H groups in total. The van der Waals surface area contributed by atoms with Crippen LogP contribution in [0.4, 0.5) is 0 Å². The smallest absolute Gasteiger partial charge is 0.280 e. The Hall–Kier alpha value is -1.14. The van der Waals surface area contributed by atoms with E-state index in [-0.39, 0.29) is 5.03 Å². The number of imidazole rings is 1. The molecule has 0 spiro atoms. The summed E-state index contributed by atoms with van der Waals surface area (Å²) in [6.07, 6.45) is 4.66. The number of nitrogens with zero attached hydrogens (tertiary/aromatic N) is 3. The quantitative estimate of drug-likeness (QED) is 0.686. The SMILES string of the molecule is Cc1cnc2nc(S(=O)(=O)Cl)cn2c1. The summed E-state index contributed by atoms with van der Waals surface area (Å²) in [7, 11) is 1.36. The average Bonchev–Trinajstić information content (AvgIpc) is 2.45. The molecule has 14 heavy (non-hydrogen) atoms. The van der Waals surface area contributed by atoms with Crippen molar-refractivity contribution < 1.29 is 8.42 Å². The zero-order chi connectivity index (χ0) is 10.3. The molecule has 2 aromatic rings. The van der Waals surface area contributed by atoms with Crippen LogP contribution in [0.15, 0.2) is 23.6 Å². The minimum atomic E-state index is -3.78. The van der Waals surface area contributed by atoms with Gasteiger partial charge in [0.25, 0.3) is 9.05 Å². The van der Waals surface area contributed by atoms with Crippen LogP contribution in [-0.2, 0) is 9.05 Å². The Bertz CT molecular complexity index is 590. The molecule has 0 aliphatic heterocycles. The Kier molecular flexibility index (Phi) is 1.97. The van der Waals surface area contributed by atoms with E-state index in [1.165, 1.54) is 10.6 Å². The van der Waals surface area contributed by atoms with Gasteiger partial charge in [-0.3, -0.25) is 4.40 Å². The zero-order valence-corrected chi connectivity index (χ0v) is 8.75. The lowest BCUT2D eigenvalue weighted by atomic mass is 10.4. The van der Waals surface area contributed by atoms with Gasteiger partial charge < -0.3 is 0 Å². The molecule has 0 saturated heterocycles. The van der Waals surface area contributed by atoms with Gasteiger partial charge >= 0.3 is 0 Å². The summed E-state index contributed by atoms with van der Waals surface area (Å²) < 4.78 is 23.4. The monoisotopic (exact) mass is 231 g/mol. The number of aryl methyl sites for hydroxylation is 1. The maximum Gasteiger partial charge on any atom is 0.280 e.